The number of benzene rings is 1. The predicted octanol–water partition coefficient (Wildman–Crippen LogP) is 0.637. The molecule has 1 atom stereocenters. The molecule has 0 bridgehead atoms. The minimum absolute atomic E-state index is 0.0645. The fraction of sp³-hybridized carbons (Fsp3) is 0.200. The normalized spacial score (nSPS) is 12.3. The Bertz CT molecular complexity index is 569. The zero-order valence-electron chi connectivity index (χ0n) is 9.18. The van der Waals surface area contributed by atoms with Gasteiger partial charge in [-0.25, -0.2) is 0 Å². The molecule has 0 spiro atoms. The molecule has 8 nitrogen and oxygen atoms in total. The molecule has 0 radical (unpaired) electrons. The van der Waals surface area contributed by atoms with Crippen LogP contribution in [0.5, 0.6) is 0 Å². The second kappa shape index (κ2) is 4.90. The second-order valence-corrected chi connectivity index (χ2v) is 3.55. The fourth-order valence-electron chi connectivity index (χ4n) is 1.34. The Labute approximate surface area is 101 Å². The fourth-order valence-corrected chi connectivity index (χ4v) is 1.34. The van der Waals surface area contributed by atoms with E-state index in [0.29, 0.717) is 5.56 Å². The first-order chi connectivity index (χ1) is 8.61. The SMILES string of the molecule is NC(CO)c1nc(-c2cccc([N+](=O)[O-])c2)no1. The quantitative estimate of drug-likeness (QED) is 0.601. The van der Waals surface area contributed by atoms with E-state index in [2.05, 4.69) is 10.1 Å². The van der Waals surface area contributed by atoms with Gasteiger partial charge in [0.25, 0.3) is 5.69 Å². The summed E-state index contributed by atoms with van der Waals surface area (Å²) in [5, 5.41) is 23.1. The van der Waals surface area contributed by atoms with Gasteiger partial charge in [0.05, 0.1) is 11.5 Å². The second-order valence-electron chi connectivity index (χ2n) is 3.55. The van der Waals surface area contributed by atoms with Crippen molar-refractivity contribution >= 4 is 5.69 Å². The smallest absolute Gasteiger partial charge is 0.270 e. The molecule has 0 amide bonds. The van der Waals surface area contributed by atoms with Gasteiger partial charge in [-0.15, -0.1) is 0 Å². The van der Waals surface area contributed by atoms with E-state index in [1.165, 1.54) is 18.2 Å². The van der Waals surface area contributed by atoms with Crippen LogP contribution in [0, 0.1) is 10.1 Å². The van der Waals surface area contributed by atoms with Crippen molar-refractivity contribution in [2.75, 3.05) is 6.61 Å². The summed E-state index contributed by atoms with van der Waals surface area (Å²) in [5.41, 5.74) is 5.89. The zero-order valence-corrected chi connectivity index (χ0v) is 9.18. The van der Waals surface area contributed by atoms with Crippen LogP contribution in [-0.4, -0.2) is 26.8 Å². The Morgan fingerprint density at radius 2 is 2.33 bits per heavy atom. The highest BCUT2D eigenvalue weighted by molar-refractivity contribution is 5.58. The number of nitro groups is 1. The summed E-state index contributed by atoms with van der Waals surface area (Å²) in [4.78, 5) is 14.1. The molecule has 8 heteroatoms. The lowest BCUT2D eigenvalue weighted by atomic mass is 10.2. The van der Waals surface area contributed by atoms with Crippen molar-refractivity contribution in [3.05, 3.63) is 40.3 Å². The van der Waals surface area contributed by atoms with E-state index < -0.39 is 11.0 Å². The van der Waals surface area contributed by atoms with Crippen molar-refractivity contribution in [1.82, 2.24) is 10.1 Å². The van der Waals surface area contributed by atoms with E-state index in [9.17, 15) is 10.1 Å². The van der Waals surface area contributed by atoms with Gasteiger partial charge in [0.1, 0.15) is 6.04 Å². The van der Waals surface area contributed by atoms with E-state index >= 15 is 0 Å². The topological polar surface area (TPSA) is 128 Å². The van der Waals surface area contributed by atoms with Crippen LogP contribution >= 0.6 is 0 Å². The summed E-state index contributed by atoms with van der Waals surface area (Å²) < 4.78 is 4.86. The van der Waals surface area contributed by atoms with Crippen molar-refractivity contribution in [2.45, 2.75) is 6.04 Å². The highest BCUT2D eigenvalue weighted by Gasteiger charge is 2.16. The van der Waals surface area contributed by atoms with Crippen molar-refractivity contribution in [2.24, 2.45) is 5.73 Å². The van der Waals surface area contributed by atoms with E-state index in [4.69, 9.17) is 15.4 Å². The molecule has 0 saturated carbocycles. The maximum atomic E-state index is 10.6. The maximum absolute atomic E-state index is 10.6. The van der Waals surface area contributed by atoms with Gasteiger partial charge < -0.3 is 15.4 Å². The van der Waals surface area contributed by atoms with Crippen molar-refractivity contribution in [1.29, 1.82) is 0 Å². The van der Waals surface area contributed by atoms with Crippen molar-refractivity contribution in [3.8, 4) is 11.4 Å². The van der Waals surface area contributed by atoms with Gasteiger partial charge in [0.2, 0.25) is 11.7 Å². The number of hydrogen-bond acceptors (Lipinski definition) is 7. The van der Waals surface area contributed by atoms with Gasteiger partial charge in [-0.3, -0.25) is 10.1 Å². The molecule has 94 valence electrons. The molecule has 2 aromatic rings. The van der Waals surface area contributed by atoms with Crippen LogP contribution in [0.25, 0.3) is 11.4 Å². The van der Waals surface area contributed by atoms with Crippen LogP contribution in [0.2, 0.25) is 0 Å². The minimum atomic E-state index is -0.759. The average Bonchev–Trinajstić information content (AvgIpc) is 2.87. The molecule has 2 rings (SSSR count). The van der Waals surface area contributed by atoms with Gasteiger partial charge in [-0.05, 0) is 0 Å². The molecule has 1 aromatic carbocycles. The molecule has 1 unspecified atom stereocenters. The molecular weight excluding hydrogens is 240 g/mol. The number of rotatable bonds is 4. The largest absolute Gasteiger partial charge is 0.394 e. The molecule has 18 heavy (non-hydrogen) atoms. The summed E-state index contributed by atoms with van der Waals surface area (Å²) in [6.07, 6.45) is 0. The zero-order chi connectivity index (χ0) is 13.1. The third-order valence-electron chi connectivity index (χ3n) is 2.27. The Kier molecular flexibility index (Phi) is 3.31. The lowest BCUT2D eigenvalue weighted by Gasteiger charge is -1.98. The standard InChI is InChI=1S/C10H10N4O4/c11-8(5-15)10-12-9(13-18-10)6-2-1-3-7(4-6)14(16)17/h1-4,8,15H,5,11H2. The first-order valence-electron chi connectivity index (χ1n) is 5.06. The van der Waals surface area contributed by atoms with Gasteiger partial charge in [-0.1, -0.05) is 17.3 Å². The Morgan fingerprint density at radius 3 is 3.00 bits per heavy atom. The van der Waals surface area contributed by atoms with E-state index in [1.54, 1.807) is 6.07 Å². The molecule has 1 aromatic heterocycles. The third kappa shape index (κ3) is 2.34. The lowest BCUT2D eigenvalue weighted by Crippen LogP contribution is -2.14. The summed E-state index contributed by atoms with van der Waals surface area (Å²) in [6, 6.07) is 5.08. The predicted molar refractivity (Wildman–Crippen MR) is 60.4 cm³/mol. The van der Waals surface area contributed by atoms with E-state index in [1.807, 2.05) is 0 Å². The average molecular weight is 250 g/mol. The highest BCUT2D eigenvalue weighted by atomic mass is 16.6. The maximum Gasteiger partial charge on any atom is 0.270 e. The lowest BCUT2D eigenvalue weighted by molar-refractivity contribution is -0.384. The number of nitrogens with zero attached hydrogens (tertiary/aromatic N) is 3. The highest BCUT2D eigenvalue weighted by Crippen LogP contribution is 2.22. The van der Waals surface area contributed by atoms with E-state index in [-0.39, 0.29) is 24.0 Å². The minimum Gasteiger partial charge on any atom is -0.394 e. The molecule has 0 aliphatic rings. The van der Waals surface area contributed by atoms with Crippen LogP contribution in [-0.2, 0) is 0 Å². The monoisotopic (exact) mass is 250 g/mol. The van der Waals surface area contributed by atoms with Crippen molar-refractivity contribution < 1.29 is 14.6 Å². The molecule has 0 saturated heterocycles. The Morgan fingerprint density at radius 1 is 1.56 bits per heavy atom. The summed E-state index contributed by atoms with van der Waals surface area (Å²) in [5.74, 6) is 0.275. The van der Waals surface area contributed by atoms with Crippen LogP contribution < -0.4 is 5.73 Å². The molecule has 3 N–H and O–H groups in total. The first-order valence-corrected chi connectivity index (χ1v) is 5.06. The van der Waals surface area contributed by atoms with Crippen LogP contribution in [0.4, 0.5) is 5.69 Å². The number of hydrogen-bond donors (Lipinski definition) is 2. The van der Waals surface area contributed by atoms with Crippen LogP contribution in [0.15, 0.2) is 28.8 Å². The van der Waals surface area contributed by atoms with E-state index in [0.717, 1.165) is 0 Å². The molecule has 0 aliphatic carbocycles. The third-order valence-corrected chi connectivity index (χ3v) is 2.27. The summed E-state index contributed by atoms with van der Waals surface area (Å²) >= 11 is 0. The molecule has 0 aliphatic heterocycles. The molecular formula is C10H10N4O4. The van der Waals surface area contributed by atoms with Gasteiger partial charge in [0, 0.05) is 17.7 Å². The number of aromatic nitrogens is 2. The van der Waals surface area contributed by atoms with Crippen LogP contribution in [0.1, 0.15) is 11.9 Å². The Hall–Kier alpha value is -2.32. The molecule has 1 heterocycles. The number of aliphatic hydroxyl groups excluding tert-OH is 1. The first kappa shape index (κ1) is 12.1. The summed E-state index contributed by atoms with van der Waals surface area (Å²) in [6.45, 7) is -0.323. The number of nitro benzene ring substituents is 1. The number of aliphatic hydroxyl groups is 1. The number of non-ortho nitro benzene ring substituents is 1. The van der Waals surface area contributed by atoms with Gasteiger partial charge in [-0.2, -0.15) is 4.98 Å². The summed E-state index contributed by atoms with van der Waals surface area (Å²) in [7, 11) is 0. The van der Waals surface area contributed by atoms with Gasteiger partial charge in [0.15, 0.2) is 0 Å². The van der Waals surface area contributed by atoms with Crippen molar-refractivity contribution in [3.63, 3.8) is 0 Å². The molecule has 0 fully saturated rings. The van der Waals surface area contributed by atoms with Gasteiger partial charge >= 0.3 is 0 Å². The number of nitrogens with two attached hydrogens (primary N) is 1. The van der Waals surface area contributed by atoms with Crippen LogP contribution in [0.3, 0.4) is 0 Å². The Balaban J connectivity index is 2.34.